The molecule has 1 aliphatic carbocycles. The molecule has 1 aliphatic rings. The Kier molecular flexibility index (Phi) is 7.22. The Balaban J connectivity index is 1.50. The first-order chi connectivity index (χ1) is 15.6. The maximum atomic E-state index is 10.6. The molecular formula is C26H30N2O4. The van der Waals surface area contributed by atoms with Crippen molar-refractivity contribution in [3.63, 3.8) is 0 Å². The van der Waals surface area contributed by atoms with Crippen LogP contribution in [0.1, 0.15) is 25.7 Å². The third-order valence-corrected chi connectivity index (χ3v) is 6.20. The normalized spacial score (nSPS) is 18.4. The van der Waals surface area contributed by atoms with Gasteiger partial charge in [-0.2, -0.15) is 5.10 Å². The first-order valence-electron chi connectivity index (χ1n) is 11.2. The van der Waals surface area contributed by atoms with Crippen LogP contribution in [0.3, 0.4) is 0 Å². The number of nitrogens with zero attached hydrogens (tertiary/aromatic N) is 2. The van der Waals surface area contributed by atoms with E-state index in [9.17, 15) is 4.79 Å². The molecule has 6 nitrogen and oxygen atoms in total. The minimum Gasteiger partial charge on any atom is -0.496 e. The van der Waals surface area contributed by atoms with Crippen molar-refractivity contribution in [2.24, 2.45) is 11.8 Å². The van der Waals surface area contributed by atoms with Gasteiger partial charge in [0, 0.05) is 29.4 Å². The summed E-state index contributed by atoms with van der Waals surface area (Å²) in [5.41, 5.74) is 4.17. The second kappa shape index (κ2) is 10.5. The first kappa shape index (κ1) is 22.1. The molecule has 0 atom stereocenters. The second-order valence-electron chi connectivity index (χ2n) is 8.48. The lowest BCUT2D eigenvalue weighted by Crippen LogP contribution is -2.23. The molecule has 0 bridgehead atoms. The lowest BCUT2D eigenvalue weighted by Gasteiger charge is -2.28. The van der Waals surface area contributed by atoms with Crippen molar-refractivity contribution in [2.75, 3.05) is 20.3 Å². The highest BCUT2D eigenvalue weighted by atomic mass is 16.5. The lowest BCUT2D eigenvalue weighted by molar-refractivity contribution is -0.142. The predicted octanol–water partition coefficient (Wildman–Crippen LogP) is 5.13. The number of para-hydroxylation sites is 1. The molecule has 0 aliphatic heterocycles. The Morgan fingerprint density at radius 3 is 2.41 bits per heavy atom. The van der Waals surface area contributed by atoms with Crippen LogP contribution in [0.25, 0.3) is 22.4 Å². The summed E-state index contributed by atoms with van der Waals surface area (Å²) in [6.45, 7) is 1.20. The van der Waals surface area contributed by atoms with E-state index in [1.165, 1.54) is 0 Å². The molecule has 0 radical (unpaired) electrons. The minimum absolute atomic E-state index is 0.207. The number of carboxylic acid groups (broad SMARTS) is 1. The van der Waals surface area contributed by atoms with Gasteiger partial charge < -0.3 is 14.6 Å². The SMILES string of the molecule is COc1ccccc1-c1cn(C[C@H]2CC[C@@H](COCC(=O)O)CC2)nc1-c1ccccc1. The fourth-order valence-electron chi connectivity index (χ4n) is 4.55. The van der Waals surface area contributed by atoms with Gasteiger partial charge in [-0.25, -0.2) is 4.79 Å². The number of hydrogen-bond acceptors (Lipinski definition) is 4. The van der Waals surface area contributed by atoms with Crippen LogP contribution in [0.15, 0.2) is 60.8 Å². The zero-order chi connectivity index (χ0) is 22.3. The summed E-state index contributed by atoms with van der Waals surface area (Å²) in [4.78, 5) is 10.6. The van der Waals surface area contributed by atoms with Crippen molar-refractivity contribution in [1.82, 2.24) is 9.78 Å². The second-order valence-corrected chi connectivity index (χ2v) is 8.48. The molecule has 1 N–H and O–H groups in total. The summed E-state index contributed by atoms with van der Waals surface area (Å²) < 4.78 is 13.0. The molecular weight excluding hydrogens is 404 g/mol. The monoisotopic (exact) mass is 434 g/mol. The zero-order valence-corrected chi connectivity index (χ0v) is 18.4. The smallest absolute Gasteiger partial charge is 0.329 e. The molecule has 0 unspecified atom stereocenters. The molecule has 2 aromatic carbocycles. The summed E-state index contributed by atoms with van der Waals surface area (Å²) in [5, 5.41) is 13.7. The number of hydrogen-bond donors (Lipinski definition) is 1. The molecule has 6 heteroatoms. The molecule has 0 saturated heterocycles. The van der Waals surface area contributed by atoms with Gasteiger partial charge >= 0.3 is 5.97 Å². The van der Waals surface area contributed by atoms with Crippen LogP contribution in [0.4, 0.5) is 0 Å². The number of aliphatic carboxylic acids is 1. The van der Waals surface area contributed by atoms with E-state index in [1.807, 2.05) is 36.4 Å². The molecule has 4 rings (SSSR count). The quantitative estimate of drug-likeness (QED) is 0.505. The Labute approximate surface area is 188 Å². The number of aromatic nitrogens is 2. The molecule has 3 aromatic rings. The van der Waals surface area contributed by atoms with Crippen LogP contribution in [0.5, 0.6) is 5.75 Å². The molecule has 1 heterocycles. The van der Waals surface area contributed by atoms with E-state index in [0.29, 0.717) is 18.4 Å². The van der Waals surface area contributed by atoms with E-state index in [-0.39, 0.29) is 6.61 Å². The van der Waals surface area contributed by atoms with Crippen LogP contribution in [-0.2, 0) is 16.1 Å². The number of methoxy groups -OCH3 is 1. The number of ether oxygens (including phenoxy) is 2. The Morgan fingerprint density at radius 1 is 1.00 bits per heavy atom. The van der Waals surface area contributed by atoms with E-state index in [4.69, 9.17) is 19.7 Å². The molecule has 0 amide bonds. The van der Waals surface area contributed by atoms with Gasteiger partial charge in [0.05, 0.1) is 13.7 Å². The molecule has 1 aromatic heterocycles. The van der Waals surface area contributed by atoms with Crippen LogP contribution in [0, 0.1) is 11.8 Å². The van der Waals surface area contributed by atoms with Crippen molar-refractivity contribution in [3.8, 4) is 28.1 Å². The van der Waals surface area contributed by atoms with Crippen LogP contribution < -0.4 is 4.74 Å². The van der Waals surface area contributed by atoms with Gasteiger partial charge in [0.25, 0.3) is 0 Å². The van der Waals surface area contributed by atoms with E-state index in [0.717, 1.165) is 60.4 Å². The van der Waals surface area contributed by atoms with E-state index < -0.39 is 5.97 Å². The van der Waals surface area contributed by atoms with Gasteiger partial charge in [0.2, 0.25) is 0 Å². The molecule has 1 fully saturated rings. The summed E-state index contributed by atoms with van der Waals surface area (Å²) in [7, 11) is 1.70. The van der Waals surface area contributed by atoms with E-state index >= 15 is 0 Å². The first-order valence-corrected chi connectivity index (χ1v) is 11.2. The van der Waals surface area contributed by atoms with Gasteiger partial charge in [-0.15, -0.1) is 0 Å². The maximum absolute atomic E-state index is 10.6. The average Bonchev–Trinajstić information content (AvgIpc) is 3.24. The third-order valence-electron chi connectivity index (χ3n) is 6.20. The number of benzene rings is 2. The van der Waals surface area contributed by atoms with Gasteiger partial charge in [-0.05, 0) is 43.6 Å². The van der Waals surface area contributed by atoms with Gasteiger partial charge in [-0.3, -0.25) is 4.68 Å². The maximum Gasteiger partial charge on any atom is 0.329 e. The van der Waals surface area contributed by atoms with Gasteiger partial charge in [-0.1, -0.05) is 48.5 Å². The Morgan fingerprint density at radius 2 is 1.69 bits per heavy atom. The largest absolute Gasteiger partial charge is 0.496 e. The number of rotatable bonds is 9. The van der Waals surface area contributed by atoms with Gasteiger partial charge in [0.1, 0.15) is 18.1 Å². The minimum atomic E-state index is -0.905. The summed E-state index contributed by atoms with van der Waals surface area (Å²) in [6, 6.07) is 18.3. The van der Waals surface area contributed by atoms with Crippen LogP contribution in [-0.4, -0.2) is 41.2 Å². The van der Waals surface area contributed by atoms with Gasteiger partial charge in [0.15, 0.2) is 0 Å². The summed E-state index contributed by atoms with van der Waals surface area (Å²) in [6.07, 6.45) is 6.48. The number of carbonyl (C=O) groups is 1. The fraction of sp³-hybridized carbons (Fsp3) is 0.385. The highest BCUT2D eigenvalue weighted by Gasteiger charge is 2.23. The van der Waals surface area contributed by atoms with Crippen molar-refractivity contribution in [2.45, 2.75) is 32.2 Å². The number of carboxylic acids is 1. The van der Waals surface area contributed by atoms with Crippen molar-refractivity contribution in [3.05, 3.63) is 60.8 Å². The standard InChI is InChI=1S/C26H30N2O4/c1-31-24-10-6-5-9-22(24)23-16-28(27-26(23)21-7-3-2-4-8-21)15-19-11-13-20(14-12-19)17-32-18-25(29)30/h2-10,16,19-20H,11-15,17-18H2,1H3,(H,29,30)/t19-,20+. The molecule has 1 saturated carbocycles. The average molecular weight is 435 g/mol. The fourth-order valence-corrected chi connectivity index (χ4v) is 4.55. The highest BCUT2D eigenvalue weighted by Crippen LogP contribution is 2.37. The molecule has 168 valence electrons. The van der Waals surface area contributed by atoms with Crippen molar-refractivity contribution >= 4 is 5.97 Å². The van der Waals surface area contributed by atoms with Crippen molar-refractivity contribution < 1.29 is 19.4 Å². The van der Waals surface area contributed by atoms with Crippen molar-refractivity contribution in [1.29, 1.82) is 0 Å². The summed E-state index contributed by atoms with van der Waals surface area (Å²) in [5.74, 6) is 0.940. The highest BCUT2D eigenvalue weighted by molar-refractivity contribution is 5.83. The van der Waals surface area contributed by atoms with E-state index in [2.05, 4.69) is 29.1 Å². The molecule has 32 heavy (non-hydrogen) atoms. The van der Waals surface area contributed by atoms with Crippen LogP contribution in [0.2, 0.25) is 0 Å². The summed E-state index contributed by atoms with van der Waals surface area (Å²) >= 11 is 0. The topological polar surface area (TPSA) is 73.6 Å². The van der Waals surface area contributed by atoms with Crippen LogP contribution >= 0.6 is 0 Å². The Bertz CT molecular complexity index is 1020. The third kappa shape index (κ3) is 5.37. The van der Waals surface area contributed by atoms with E-state index in [1.54, 1.807) is 7.11 Å². The molecule has 0 spiro atoms. The lowest BCUT2D eigenvalue weighted by atomic mass is 9.82. The zero-order valence-electron chi connectivity index (χ0n) is 18.4. The predicted molar refractivity (Wildman–Crippen MR) is 124 cm³/mol. The Hall–Kier alpha value is -3.12.